The number of hydrogen-bond acceptors (Lipinski definition) is 2. The van der Waals surface area contributed by atoms with Crippen molar-refractivity contribution in [1.29, 1.82) is 0 Å². The number of ether oxygens (including phenoxy) is 1. The number of anilines is 2. The lowest BCUT2D eigenvalue weighted by Gasteiger charge is -2.23. The number of rotatable bonds is 0. The molecular formula is C14H13NO. The molecule has 0 spiro atoms. The predicted octanol–water partition coefficient (Wildman–Crippen LogP) is 4.15. The summed E-state index contributed by atoms with van der Waals surface area (Å²) in [5.41, 5.74) is 4.54. The molecule has 0 unspecified atom stereocenters. The summed E-state index contributed by atoms with van der Waals surface area (Å²) >= 11 is 0. The third-order valence-corrected chi connectivity index (χ3v) is 2.85. The van der Waals surface area contributed by atoms with Crippen molar-refractivity contribution in [1.82, 2.24) is 0 Å². The number of para-hydroxylation sites is 1. The molecule has 2 aromatic rings. The van der Waals surface area contributed by atoms with Gasteiger partial charge in [0.25, 0.3) is 0 Å². The molecule has 0 aliphatic carbocycles. The van der Waals surface area contributed by atoms with Crippen molar-refractivity contribution in [3.05, 3.63) is 47.5 Å². The van der Waals surface area contributed by atoms with Crippen LogP contribution < -0.4 is 10.1 Å². The van der Waals surface area contributed by atoms with Gasteiger partial charge in [0, 0.05) is 0 Å². The molecule has 0 amide bonds. The highest BCUT2D eigenvalue weighted by Gasteiger charge is 2.17. The van der Waals surface area contributed by atoms with Crippen LogP contribution in [-0.2, 0) is 0 Å². The topological polar surface area (TPSA) is 21.3 Å². The van der Waals surface area contributed by atoms with Crippen molar-refractivity contribution >= 4 is 11.4 Å². The van der Waals surface area contributed by atoms with E-state index in [1.165, 1.54) is 11.1 Å². The quantitative estimate of drug-likeness (QED) is 0.603. The summed E-state index contributed by atoms with van der Waals surface area (Å²) in [7, 11) is 0. The zero-order valence-corrected chi connectivity index (χ0v) is 9.37. The van der Waals surface area contributed by atoms with Gasteiger partial charge in [-0.1, -0.05) is 18.2 Å². The largest absolute Gasteiger partial charge is 0.453 e. The van der Waals surface area contributed by atoms with Crippen LogP contribution >= 0.6 is 0 Å². The lowest BCUT2D eigenvalue weighted by atomic mass is 10.1. The lowest BCUT2D eigenvalue weighted by molar-refractivity contribution is 0.480. The number of aryl methyl sites for hydroxylation is 2. The molecule has 0 saturated heterocycles. The van der Waals surface area contributed by atoms with E-state index in [-0.39, 0.29) is 0 Å². The average molecular weight is 211 g/mol. The van der Waals surface area contributed by atoms with Crippen molar-refractivity contribution in [3.8, 4) is 11.5 Å². The Hall–Kier alpha value is -1.96. The van der Waals surface area contributed by atoms with Crippen molar-refractivity contribution in [2.45, 2.75) is 13.8 Å². The first-order chi connectivity index (χ1) is 7.74. The van der Waals surface area contributed by atoms with Crippen molar-refractivity contribution in [2.75, 3.05) is 5.32 Å². The SMILES string of the molecule is Cc1ccc2c(c1)Nc1c(C)cccc1O2. The van der Waals surface area contributed by atoms with Gasteiger partial charge < -0.3 is 10.1 Å². The van der Waals surface area contributed by atoms with Crippen LogP contribution in [0.4, 0.5) is 11.4 Å². The molecule has 16 heavy (non-hydrogen) atoms. The molecule has 0 fully saturated rings. The molecule has 0 saturated carbocycles. The second-order valence-electron chi connectivity index (χ2n) is 4.17. The summed E-state index contributed by atoms with van der Waals surface area (Å²) in [6.07, 6.45) is 0. The average Bonchev–Trinajstić information content (AvgIpc) is 2.28. The predicted molar refractivity (Wildman–Crippen MR) is 65.7 cm³/mol. The van der Waals surface area contributed by atoms with Gasteiger partial charge in [-0.3, -0.25) is 0 Å². The summed E-state index contributed by atoms with van der Waals surface area (Å²) in [4.78, 5) is 0. The van der Waals surface area contributed by atoms with Crippen molar-refractivity contribution in [3.63, 3.8) is 0 Å². The van der Waals surface area contributed by atoms with Crippen LogP contribution in [0.5, 0.6) is 11.5 Å². The van der Waals surface area contributed by atoms with Gasteiger partial charge >= 0.3 is 0 Å². The van der Waals surface area contributed by atoms with Crippen LogP contribution in [0.25, 0.3) is 0 Å². The van der Waals surface area contributed by atoms with Gasteiger partial charge in [0.2, 0.25) is 0 Å². The highest BCUT2D eigenvalue weighted by molar-refractivity contribution is 5.77. The Morgan fingerprint density at radius 2 is 1.88 bits per heavy atom. The molecule has 0 bridgehead atoms. The minimum atomic E-state index is 0.892. The van der Waals surface area contributed by atoms with Gasteiger partial charge in [0.05, 0.1) is 11.4 Å². The molecule has 1 aliphatic rings. The number of fused-ring (bicyclic) bond motifs is 2. The lowest BCUT2D eigenvalue weighted by Crippen LogP contribution is -2.04. The Morgan fingerprint density at radius 3 is 2.75 bits per heavy atom. The zero-order valence-electron chi connectivity index (χ0n) is 9.37. The summed E-state index contributed by atoms with van der Waals surface area (Å²) in [5, 5.41) is 3.42. The highest BCUT2D eigenvalue weighted by atomic mass is 16.5. The number of benzene rings is 2. The van der Waals surface area contributed by atoms with E-state index in [1.54, 1.807) is 0 Å². The number of hydrogen-bond donors (Lipinski definition) is 1. The molecular weight excluding hydrogens is 198 g/mol. The summed E-state index contributed by atoms with van der Waals surface area (Å²) < 4.78 is 5.85. The maximum absolute atomic E-state index is 5.85. The minimum Gasteiger partial charge on any atom is -0.453 e. The molecule has 3 rings (SSSR count). The molecule has 1 heterocycles. The van der Waals surface area contributed by atoms with Gasteiger partial charge in [0.1, 0.15) is 0 Å². The van der Waals surface area contributed by atoms with Crippen LogP contribution in [0.3, 0.4) is 0 Å². The molecule has 2 aromatic carbocycles. The van der Waals surface area contributed by atoms with Gasteiger partial charge in [-0.05, 0) is 43.2 Å². The normalized spacial score (nSPS) is 12.1. The monoisotopic (exact) mass is 211 g/mol. The maximum Gasteiger partial charge on any atom is 0.151 e. The molecule has 80 valence electrons. The third-order valence-electron chi connectivity index (χ3n) is 2.85. The van der Waals surface area contributed by atoms with Crippen molar-refractivity contribution in [2.24, 2.45) is 0 Å². The maximum atomic E-state index is 5.85. The van der Waals surface area contributed by atoms with Gasteiger partial charge in [0.15, 0.2) is 11.5 Å². The van der Waals surface area contributed by atoms with E-state index in [4.69, 9.17) is 4.74 Å². The second kappa shape index (κ2) is 3.27. The third kappa shape index (κ3) is 1.34. The summed E-state index contributed by atoms with van der Waals surface area (Å²) in [6.45, 7) is 4.16. The molecule has 2 heteroatoms. The second-order valence-corrected chi connectivity index (χ2v) is 4.17. The van der Waals surface area contributed by atoms with E-state index in [9.17, 15) is 0 Å². The van der Waals surface area contributed by atoms with E-state index in [1.807, 2.05) is 18.2 Å². The first-order valence-corrected chi connectivity index (χ1v) is 5.39. The fourth-order valence-electron chi connectivity index (χ4n) is 1.97. The smallest absolute Gasteiger partial charge is 0.151 e. The first-order valence-electron chi connectivity index (χ1n) is 5.39. The minimum absolute atomic E-state index is 0.892. The highest BCUT2D eigenvalue weighted by Crippen LogP contribution is 2.43. The van der Waals surface area contributed by atoms with E-state index < -0.39 is 0 Å². The standard InChI is InChI=1S/C14H13NO/c1-9-6-7-12-11(8-9)15-14-10(2)4-3-5-13(14)16-12/h3-8,15H,1-2H3. The fourth-order valence-corrected chi connectivity index (χ4v) is 1.97. The van der Waals surface area contributed by atoms with Gasteiger partial charge in [-0.15, -0.1) is 0 Å². The Labute approximate surface area is 94.9 Å². The number of nitrogens with one attached hydrogen (secondary N) is 1. The molecule has 0 atom stereocenters. The van der Waals surface area contributed by atoms with Gasteiger partial charge in [-0.2, -0.15) is 0 Å². The first kappa shape index (κ1) is 9.28. The van der Waals surface area contributed by atoms with Gasteiger partial charge in [-0.25, -0.2) is 0 Å². The zero-order chi connectivity index (χ0) is 11.1. The van der Waals surface area contributed by atoms with E-state index >= 15 is 0 Å². The van der Waals surface area contributed by atoms with Crippen LogP contribution in [0.2, 0.25) is 0 Å². The molecule has 0 radical (unpaired) electrons. The van der Waals surface area contributed by atoms with Crippen LogP contribution in [0, 0.1) is 13.8 Å². The van der Waals surface area contributed by atoms with E-state index in [2.05, 4.69) is 37.4 Å². The summed E-state index contributed by atoms with van der Waals surface area (Å²) in [5.74, 6) is 1.79. The van der Waals surface area contributed by atoms with Crippen molar-refractivity contribution < 1.29 is 4.74 Å². The molecule has 1 aliphatic heterocycles. The van der Waals surface area contributed by atoms with Crippen LogP contribution in [-0.4, -0.2) is 0 Å². The molecule has 1 N–H and O–H groups in total. The molecule has 2 nitrogen and oxygen atoms in total. The van der Waals surface area contributed by atoms with Crippen LogP contribution in [0.15, 0.2) is 36.4 Å². The Balaban J connectivity index is 2.13. The Kier molecular flexibility index (Phi) is 1.90. The van der Waals surface area contributed by atoms with E-state index in [0.29, 0.717) is 0 Å². The Morgan fingerprint density at radius 1 is 1.00 bits per heavy atom. The fraction of sp³-hybridized carbons (Fsp3) is 0.143. The Bertz CT molecular complexity index is 561. The van der Waals surface area contributed by atoms with Crippen LogP contribution in [0.1, 0.15) is 11.1 Å². The molecule has 0 aromatic heterocycles. The van der Waals surface area contributed by atoms with E-state index in [0.717, 1.165) is 22.9 Å². The summed E-state index contributed by atoms with van der Waals surface area (Å²) in [6, 6.07) is 12.2.